The standard InChI is InChI=1S/C9H7BrClFO/c10-7-3-1-2-6(4-7)9(12)8(13)5-11/h1-4,9H,5H2. The smallest absolute Gasteiger partial charge is 0.186 e. The van der Waals surface area contributed by atoms with E-state index in [9.17, 15) is 9.18 Å². The molecule has 0 saturated carbocycles. The lowest BCUT2D eigenvalue weighted by Gasteiger charge is -2.05. The first kappa shape index (κ1) is 10.7. The number of ketones is 1. The van der Waals surface area contributed by atoms with Crippen molar-refractivity contribution in [3.63, 3.8) is 0 Å². The molecule has 1 aromatic rings. The van der Waals surface area contributed by atoms with Gasteiger partial charge in [-0.1, -0.05) is 28.1 Å². The fourth-order valence-electron chi connectivity index (χ4n) is 0.918. The Hall–Kier alpha value is -0.410. The molecule has 0 fully saturated rings. The lowest BCUT2D eigenvalue weighted by atomic mass is 10.1. The molecule has 1 nitrogen and oxygen atoms in total. The van der Waals surface area contributed by atoms with Crippen molar-refractivity contribution in [1.82, 2.24) is 0 Å². The molecule has 1 atom stereocenters. The van der Waals surface area contributed by atoms with Crippen molar-refractivity contribution >= 4 is 33.3 Å². The monoisotopic (exact) mass is 264 g/mol. The van der Waals surface area contributed by atoms with E-state index < -0.39 is 12.0 Å². The number of Topliss-reactive ketones (excluding diaryl/α,β-unsaturated/α-hetero) is 1. The highest BCUT2D eigenvalue weighted by Gasteiger charge is 2.17. The van der Waals surface area contributed by atoms with Gasteiger partial charge in [0.25, 0.3) is 0 Å². The highest BCUT2D eigenvalue weighted by Crippen LogP contribution is 2.22. The highest BCUT2D eigenvalue weighted by atomic mass is 79.9. The maximum atomic E-state index is 13.3. The number of benzene rings is 1. The van der Waals surface area contributed by atoms with Crippen LogP contribution in [0.5, 0.6) is 0 Å². The summed E-state index contributed by atoms with van der Waals surface area (Å²) in [5, 5.41) is 0. The van der Waals surface area contributed by atoms with Crippen LogP contribution in [0.1, 0.15) is 11.7 Å². The van der Waals surface area contributed by atoms with Gasteiger partial charge in [0.1, 0.15) is 0 Å². The van der Waals surface area contributed by atoms with Crippen molar-refractivity contribution in [3.05, 3.63) is 34.3 Å². The molecule has 4 heteroatoms. The van der Waals surface area contributed by atoms with Gasteiger partial charge in [0.2, 0.25) is 0 Å². The maximum absolute atomic E-state index is 13.3. The van der Waals surface area contributed by atoms with E-state index in [2.05, 4.69) is 15.9 Å². The predicted octanol–water partition coefficient (Wildman–Crippen LogP) is 3.27. The molecule has 0 saturated heterocycles. The second kappa shape index (κ2) is 4.72. The maximum Gasteiger partial charge on any atom is 0.186 e. The summed E-state index contributed by atoms with van der Waals surface area (Å²) in [5.74, 6) is -0.909. The molecule has 0 N–H and O–H groups in total. The Balaban J connectivity index is 2.88. The van der Waals surface area contributed by atoms with E-state index in [0.29, 0.717) is 5.56 Å². The molecule has 0 aliphatic rings. The van der Waals surface area contributed by atoms with Gasteiger partial charge in [0, 0.05) is 4.47 Å². The average Bonchev–Trinajstić information content (AvgIpc) is 2.15. The van der Waals surface area contributed by atoms with Crippen LogP contribution in [-0.4, -0.2) is 11.7 Å². The SMILES string of the molecule is O=C(CCl)C(F)c1cccc(Br)c1. The lowest BCUT2D eigenvalue weighted by molar-refractivity contribution is -0.121. The van der Waals surface area contributed by atoms with Crippen LogP contribution >= 0.6 is 27.5 Å². The fourth-order valence-corrected chi connectivity index (χ4v) is 1.47. The number of hydrogen-bond acceptors (Lipinski definition) is 1. The van der Waals surface area contributed by atoms with Crippen LogP contribution in [0.15, 0.2) is 28.7 Å². The zero-order valence-corrected chi connectivity index (χ0v) is 8.98. The number of carbonyl (C=O) groups excluding carboxylic acids is 1. The Bertz CT molecular complexity index is 316. The Kier molecular flexibility index (Phi) is 3.88. The van der Waals surface area contributed by atoms with Gasteiger partial charge in [0.15, 0.2) is 12.0 Å². The van der Waals surface area contributed by atoms with E-state index in [1.807, 2.05) is 0 Å². The van der Waals surface area contributed by atoms with Gasteiger partial charge >= 0.3 is 0 Å². The van der Waals surface area contributed by atoms with E-state index >= 15 is 0 Å². The van der Waals surface area contributed by atoms with Crippen LogP contribution in [-0.2, 0) is 4.79 Å². The zero-order valence-electron chi connectivity index (χ0n) is 6.64. The molecule has 0 aliphatic carbocycles. The molecule has 0 aliphatic heterocycles. The fraction of sp³-hybridized carbons (Fsp3) is 0.222. The predicted molar refractivity (Wildman–Crippen MR) is 53.7 cm³/mol. The van der Waals surface area contributed by atoms with Crippen LogP contribution in [0.4, 0.5) is 4.39 Å². The van der Waals surface area contributed by atoms with Gasteiger partial charge in [-0.15, -0.1) is 11.6 Å². The van der Waals surface area contributed by atoms with E-state index in [1.54, 1.807) is 24.3 Å². The Morgan fingerprint density at radius 2 is 2.31 bits per heavy atom. The summed E-state index contributed by atoms with van der Waals surface area (Å²) < 4.78 is 14.0. The number of halogens is 3. The first-order valence-electron chi connectivity index (χ1n) is 3.63. The molecule has 0 spiro atoms. The summed E-state index contributed by atoms with van der Waals surface area (Å²) in [7, 11) is 0. The molecule has 1 aromatic carbocycles. The van der Waals surface area contributed by atoms with Crippen molar-refractivity contribution in [3.8, 4) is 0 Å². The molecule has 1 unspecified atom stereocenters. The van der Waals surface area contributed by atoms with E-state index in [1.165, 1.54) is 0 Å². The average molecular weight is 266 g/mol. The summed E-state index contributed by atoms with van der Waals surface area (Å²) in [5.41, 5.74) is 0.333. The van der Waals surface area contributed by atoms with E-state index in [0.717, 1.165) is 4.47 Å². The van der Waals surface area contributed by atoms with Crippen molar-refractivity contribution in [1.29, 1.82) is 0 Å². The molecule has 0 radical (unpaired) electrons. The summed E-state index contributed by atoms with van der Waals surface area (Å²) in [4.78, 5) is 10.9. The molecule has 0 bridgehead atoms. The van der Waals surface area contributed by atoms with Gasteiger partial charge in [-0.3, -0.25) is 4.79 Å². The van der Waals surface area contributed by atoms with Gasteiger partial charge < -0.3 is 0 Å². The van der Waals surface area contributed by atoms with Crippen molar-refractivity contribution < 1.29 is 9.18 Å². The topological polar surface area (TPSA) is 17.1 Å². The number of alkyl halides is 2. The van der Waals surface area contributed by atoms with Crippen LogP contribution < -0.4 is 0 Å². The molecule has 0 amide bonds. The number of carbonyl (C=O) groups is 1. The summed E-state index contributed by atoms with van der Waals surface area (Å²) in [6.07, 6.45) is -1.62. The molecule has 0 heterocycles. The van der Waals surface area contributed by atoms with Crippen molar-refractivity contribution in [2.75, 3.05) is 5.88 Å². The molecule has 13 heavy (non-hydrogen) atoms. The van der Waals surface area contributed by atoms with Crippen molar-refractivity contribution in [2.45, 2.75) is 6.17 Å². The molecule has 1 rings (SSSR count). The van der Waals surface area contributed by atoms with Gasteiger partial charge in [0.05, 0.1) is 5.88 Å². The molecular formula is C9H7BrClFO. The highest BCUT2D eigenvalue weighted by molar-refractivity contribution is 9.10. The van der Waals surface area contributed by atoms with E-state index in [-0.39, 0.29) is 5.88 Å². The summed E-state index contributed by atoms with van der Waals surface area (Å²) in [6.45, 7) is 0. The van der Waals surface area contributed by atoms with Crippen LogP contribution in [0.3, 0.4) is 0 Å². The normalized spacial score (nSPS) is 12.5. The van der Waals surface area contributed by atoms with Gasteiger partial charge in [-0.05, 0) is 17.7 Å². The second-order valence-corrected chi connectivity index (χ2v) is 3.70. The number of hydrogen-bond donors (Lipinski definition) is 0. The quantitative estimate of drug-likeness (QED) is 0.767. The number of rotatable bonds is 3. The Labute approximate surface area is 89.0 Å². The van der Waals surface area contributed by atoms with Crippen molar-refractivity contribution in [2.24, 2.45) is 0 Å². The molecular weight excluding hydrogens is 258 g/mol. The van der Waals surface area contributed by atoms with Crippen LogP contribution in [0, 0.1) is 0 Å². The third kappa shape index (κ3) is 2.78. The zero-order chi connectivity index (χ0) is 9.84. The Morgan fingerprint density at radius 3 is 2.85 bits per heavy atom. The molecule has 0 aromatic heterocycles. The third-order valence-corrected chi connectivity index (χ3v) is 2.31. The second-order valence-electron chi connectivity index (χ2n) is 2.52. The van der Waals surface area contributed by atoms with Gasteiger partial charge in [-0.25, -0.2) is 4.39 Å². The minimum Gasteiger partial charge on any atom is -0.295 e. The third-order valence-electron chi connectivity index (χ3n) is 1.56. The van der Waals surface area contributed by atoms with E-state index in [4.69, 9.17) is 11.6 Å². The van der Waals surface area contributed by atoms with Crippen LogP contribution in [0.2, 0.25) is 0 Å². The molecule has 70 valence electrons. The largest absolute Gasteiger partial charge is 0.295 e. The minimum absolute atomic E-state index is 0.298. The lowest BCUT2D eigenvalue weighted by Crippen LogP contribution is -2.08. The first-order valence-corrected chi connectivity index (χ1v) is 4.96. The van der Waals surface area contributed by atoms with Gasteiger partial charge in [-0.2, -0.15) is 0 Å². The first-order chi connectivity index (χ1) is 6.15. The minimum atomic E-state index is -1.62. The summed E-state index contributed by atoms with van der Waals surface area (Å²) >= 11 is 8.43. The summed E-state index contributed by atoms with van der Waals surface area (Å²) in [6, 6.07) is 6.56. The Morgan fingerprint density at radius 1 is 1.62 bits per heavy atom. The van der Waals surface area contributed by atoms with Crippen LogP contribution in [0.25, 0.3) is 0 Å².